The molecule has 0 radical (unpaired) electrons. The number of hydrogen-bond donors (Lipinski definition) is 2. The van der Waals surface area contributed by atoms with Crippen molar-refractivity contribution >= 4 is 35.4 Å². The third kappa shape index (κ3) is 10.9. The standard InChI is InChI=1S/C41H47ClN2O8/c1-25(2)20-35-41(48)51-33(26(3)38-39(52-38)29-14-9-6-10-15-29)16-11-17-36(45)44-32(23-28-18-19-34(49-4)31(42)22-28)40(47)43-30(24-37(46)50-35)21-27-12-7-5-8-13-27/h5-15,17-19,22,25-26,30,32-33,35,38-39H,16,20-21,23-24H2,1-4H3,(H,43,47)(H,44,45)/b17-11+. The Kier molecular flexibility index (Phi) is 13.5. The molecule has 0 spiro atoms. The first-order valence-electron chi connectivity index (χ1n) is 17.7. The molecule has 52 heavy (non-hydrogen) atoms. The zero-order chi connectivity index (χ0) is 37.2. The number of esters is 2. The first-order chi connectivity index (χ1) is 25.0. The van der Waals surface area contributed by atoms with Gasteiger partial charge in [-0.1, -0.05) is 105 Å². The molecule has 0 aromatic heterocycles. The van der Waals surface area contributed by atoms with Crippen molar-refractivity contribution < 1.29 is 38.1 Å². The van der Waals surface area contributed by atoms with Gasteiger partial charge in [0.2, 0.25) is 11.8 Å². The van der Waals surface area contributed by atoms with E-state index in [9.17, 15) is 19.2 Å². The van der Waals surface area contributed by atoms with Gasteiger partial charge in [0.05, 0.1) is 24.7 Å². The minimum absolute atomic E-state index is 0.0108. The second kappa shape index (κ2) is 18.2. The first-order valence-corrected chi connectivity index (χ1v) is 18.1. The van der Waals surface area contributed by atoms with E-state index in [4.69, 9.17) is 30.5 Å². The molecule has 7 unspecified atom stereocenters. The lowest BCUT2D eigenvalue weighted by Crippen LogP contribution is -2.51. The van der Waals surface area contributed by atoms with Gasteiger partial charge in [-0.05, 0) is 53.7 Å². The first kappa shape index (κ1) is 38.6. The highest BCUT2D eigenvalue weighted by atomic mass is 35.5. The lowest BCUT2D eigenvalue weighted by molar-refractivity contribution is -0.174. The van der Waals surface area contributed by atoms with E-state index < -0.39 is 48.0 Å². The van der Waals surface area contributed by atoms with Crippen LogP contribution in [0, 0.1) is 11.8 Å². The van der Waals surface area contributed by atoms with Gasteiger partial charge in [0.1, 0.15) is 24.0 Å². The number of epoxide rings is 1. The van der Waals surface area contributed by atoms with Crippen LogP contribution in [0.25, 0.3) is 0 Å². The number of carbonyl (C=O) groups excluding carboxylic acids is 4. The molecule has 276 valence electrons. The summed E-state index contributed by atoms with van der Waals surface area (Å²) in [4.78, 5) is 54.6. The van der Waals surface area contributed by atoms with Gasteiger partial charge in [0.25, 0.3) is 0 Å². The van der Waals surface area contributed by atoms with E-state index >= 15 is 0 Å². The molecular weight excluding hydrogens is 684 g/mol. The third-order valence-corrected chi connectivity index (χ3v) is 9.55. The Bertz CT molecular complexity index is 1720. The molecule has 11 heteroatoms. The summed E-state index contributed by atoms with van der Waals surface area (Å²) in [6.45, 7) is 5.80. The zero-order valence-corrected chi connectivity index (χ0v) is 30.7. The smallest absolute Gasteiger partial charge is 0.347 e. The number of nitrogens with one attached hydrogen (secondary N) is 2. The molecule has 2 amide bonds. The fourth-order valence-electron chi connectivity index (χ4n) is 6.46. The molecule has 10 nitrogen and oxygen atoms in total. The molecule has 1 saturated heterocycles. The number of benzene rings is 3. The van der Waals surface area contributed by atoms with Crippen LogP contribution in [0.4, 0.5) is 0 Å². The van der Waals surface area contributed by atoms with Gasteiger partial charge < -0.3 is 29.6 Å². The molecule has 1 fully saturated rings. The number of methoxy groups -OCH3 is 1. The lowest BCUT2D eigenvalue weighted by atomic mass is 9.93. The summed E-state index contributed by atoms with van der Waals surface area (Å²) in [5.41, 5.74) is 2.60. The number of carbonyl (C=O) groups is 4. The van der Waals surface area contributed by atoms with E-state index in [0.29, 0.717) is 22.8 Å². The summed E-state index contributed by atoms with van der Waals surface area (Å²) in [7, 11) is 1.51. The number of hydrogen-bond acceptors (Lipinski definition) is 8. The number of amides is 2. The zero-order valence-electron chi connectivity index (χ0n) is 30.0. The van der Waals surface area contributed by atoms with E-state index in [0.717, 1.165) is 11.1 Å². The topological polar surface area (TPSA) is 133 Å². The Morgan fingerprint density at radius 1 is 0.865 bits per heavy atom. The van der Waals surface area contributed by atoms with Gasteiger partial charge >= 0.3 is 11.9 Å². The van der Waals surface area contributed by atoms with Crippen molar-refractivity contribution in [2.75, 3.05) is 7.11 Å². The molecule has 0 bridgehead atoms. The summed E-state index contributed by atoms with van der Waals surface area (Å²) < 4.78 is 23.3. The van der Waals surface area contributed by atoms with E-state index in [1.165, 1.54) is 13.2 Å². The van der Waals surface area contributed by atoms with Crippen molar-refractivity contribution in [1.82, 2.24) is 10.6 Å². The molecule has 2 aliphatic rings. The van der Waals surface area contributed by atoms with E-state index in [2.05, 4.69) is 10.6 Å². The van der Waals surface area contributed by atoms with Crippen LogP contribution in [0.5, 0.6) is 5.75 Å². The van der Waals surface area contributed by atoms with E-state index in [1.54, 1.807) is 24.3 Å². The average Bonchev–Trinajstić information content (AvgIpc) is 3.92. The molecule has 3 aromatic rings. The molecule has 3 aromatic carbocycles. The Labute approximate surface area is 310 Å². The van der Waals surface area contributed by atoms with Gasteiger partial charge in [-0.3, -0.25) is 14.4 Å². The Morgan fingerprint density at radius 2 is 1.58 bits per heavy atom. The van der Waals surface area contributed by atoms with Crippen molar-refractivity contribution in [2.45, 2.75) is 89.4 Å². The second-order valence-electron chi connectivity index (χ2n) is 13.8. The van der Waals surface area contributed by atoms with Crippen molar-refractivity contribution in [1.29, 1.82) is 0 Å². The molecule has 2 N–H and O–H groups in total. The number of cyclic esters (lactones) is 2. The molecular formula is C41H47ClN2O8. The Balaban J connectivity index is 1.44. The van der Waals surface area contributed by atoms with Crippen LogP contribution in [-0.4, -0.2) is 61.3 Å². The average molecular weight is 731 g/mol. The Morgan fingerprint density at radius 3 is 2.25 bits per heavy atom. The summed E-state index contributed by atoms with van der Waals surface area (Å²) in [6.07, 6.45) is 1.38. The van der Waals surface area contributed by atoms with E-state index in [1.807, 2.05) is 81.4 Å². The second-order valence-corrected chi connectivity index (χ2v) is 14.3. The lowest BCUT2D eigenvalue weighted by Gasteiger charge is -2.27. The highest BCUT2D eigenvalue weighted by Gasteiger charge is 2.47. The fourth-order valence-corrected chi connectivity index (χ4v) is 6.74. The molecule has 5 rings (SSSR count). The minimum atomic E-state index is -1.16. The maximum Gasteiger partial charge on any atom is 0.347 e. The van der Waals surface area contributed by atoms with Crippen LogP contribution in [0.1, 0.15) is 62.8 Å². The predicted octanol–water partition coefficient (Wildman–Crippen LogP) is 6.10. The van der Waals surface area contributed by atoms with Crippen LogP contribution in [0.3, 0.4) is 0 Å². The number of ether oxygens (including phenoxy) is 4. The van der Waals surface area contributed by atoms with Crippen LogP contribution >= 0.6 is 11.6 Å². The Hall–Kier alpha value is -4.67. The SMILES string of the molecule is COc1ccc(CC2NC(=O)/C=C/CC(C(C)C3OC3c3ccccc3)OC(=O)C(CC(C)C)OC(=O)CC(Cc3ccccc3)NC2=O)cc1Cl. The van der Waals surface area contributed by atoms with Gasteiger partial charge in [-0.2, -0.15) is 0 Å². The van der Waals surface area contributed by atoms with Gasteiger partial charge in [0, 0.05) is 24.8 Å². The maximum atomic E-state index is 14.0. The van der Waals surface area contributed by atoms with Crippen molar-refractivity contribution in [3.05, 3.63) is 113 Å². The van der Waals surface area contributed by atoms with Crippen LogP contribution < -0.4 is 15.4 Å². The maximum absolute atomic E-state index is 14.0. The van der Waals surface area contributed by atoms with Gasteiger partial charge in [-0.25, -0.2) is 4.79 Å². The summed E-state index contributed by atoms with van der Waals surface area (Å²) in [6, 6.07) is 22.6. The molecule has 2 heterocycles. The van der Waals surface area contributed by atoms with Crippen LogP contribution in [0.2, 0.25) is 5.02 Å². The monoisotopic (exact) mass is 730 g/mol. The van der Waals surface area contributed by atoms with Crippen molar-refractivity contribution in [2.24, 2.45) is 11.8 Å². The fraction of sp³-hybridized carbons (Fsp3) is 0.415. The highest BCUT2D eigenvalue weighted by molar-refractivity contribution is 6.32. The van der Waals surface area contributed by atoms with Gasteiger partial charge in [0.15, 0.2) is 6.10 Å². The molecule has 0 saturated carbocycles. The highest BCUT2D eigenvalue weighted by Crippen LogP contribution is 2.45. The molecule has 7 atom stereocenters. The summed E-state index contributed by atoms with van der Waals surface area (Å²) in [5, 5.41) is 6.16. The minimum Gasteiger partial charge on any atom is -0.495 e. The normalized spacial score (nSPS) is 25.7. The van der Waals surface area contributed by atoms with Crippen molar-refractivity contribution in [3.63, 3.8) is 0 Å². The van der Waals surface area contributed by atoms with E-state index in [-0.39, 0.29) is 49.7 Å². The predicted molar refractivity (Wildman–Crippen MR) is 197 cm³/mol. The van der Waals surface area contributed by atoms with Gasteiger partial charge in [-0.15, -0.1) is 0 Å². The summed E-state index contributed by atoms with van der Waals surface area (Å²) >= 11 is 6.39. The van der Waals surface area contributed by atoms with Crippen LogP contribution in [0.15, 0.2) is 91.0 Å². The van der Waals surface area contributed by atoms with Crippen molar-refractivity contribution in [3.8, 4) is 5.75 Å². The molecule has 2 aliphatic heterocycles. The quantitative estimate of drug-likeness (QED) is 0.189. The largest absolute Gasteiger partial charge is 0.495 e. The number of rotatable bonds is 10. The summed E-state index contributed by atoms with van der Waals surface area (Å²) in [5.74, 6) is -2.09. The molecule has 0 aliphatic carbocycles. The number of halogens is 1. The van der Waals surface area contributed by atoms with Crippen LogP contribution in [-0.2, 0) is 46.2 Å². The third-order valence-electron chi connectivity index (χ3n) is 9.26.